The molecule has 1 unspecified atom stereocenters. The van der Waals surface area contributed by atoms with Gasteiger partial charge >= 0.3 is 6.03 Å². The third-order valence-electron chi connectivity index (χ3n) is 3.90. The number of halogens is 1. The first-order valence-electron chi connectivity index (χ1n) is 7.67. The predicted octanol–water partition coefficient (Wildman–Crippen LogP) is 2.72. The van der Waals surface area contributed by atoms with Crippen molar-refractivity contribution in [1.82, 2.24) is 9.47 Å². The van der Waals surface area contributed by atoms with Gasteiger partial charge in [0.1, 0.15) is 17.5 Å². The van der Waals surface area contributed by atoms with Gasteiger partial charge in [-0.3, -0.25) is 4.79 Å². The fourth-order valence-electron chi connectivity index (χ4n) is 2.63. The Bertz CT molecular complexity index is 806. The molecule has 0 bridgehead atoms. The Morgan fingerprint density at radius 2 is 2.17 bits per heavy atom. The Hall–Kier alpha value is -2.47. The van der Waals surface area contributed by atoms with Crippen molar-refractivity contribution in [2.24, 2.45) is 7.05 Å². The molecule has 7 heteroatoms. The number of likely N-dealkylation sites (tertiary alicyclic amines) is 1. The minimum atomic E-state index is -0.296. The number of carbonyl (C=O) groups is 1. The summed E-state index contributed by atoms with van der Waals surface area (Å²) in [4.78, 5) is 25.9. The summed E-state index contributed by atoms with van der Waals surface area (Å²) < 4.78 is 7.28. The molecule has 1 aliphatic rings. The number of hydrogen-bond donors (Lipinski definition) is 1. The molecule has 2 aromatic rings. The molecule has 0 aliphatic carbocycles. The molecule has 6 nitrogen and oxygen atoms in total. The van der Waals surface area contributed by atoms with Crippen LogP contribution in [0, 0.1) is 0 Å². The average molecular weight is 348 g/mol. The van der Waals surface area contributed by atoms with E-state index in [-0.39, 0.29) is 23.4 Å². The van der Waals surface area contributed by atoms with E-state index in [4.69, 9.17) is 16.3 Å². The van der Waals surface area contributed by atoms with Crippen molar-refractivity contribution in [3.8, 4) is 5.75 Å². The first-order chi connectivity index (χ1) is 11.5. The number of ether oxygens (including phenoxy) is 1. The molecule has 2 amide bonds. The lowest BCUT2D eigenvalue weighted by Crippen LogP contribution is -2.36. The maximum Gasteiger partial charge on any atom is 0.322 e. The van der Waals surface area contributed by atoms with Crippen LogP contribution < -0.4 is 15.6 Å². The predicted molar refractivity (Wildman–Crippen MR) is 92.8 cm³/mol. The van der Waals surface area contributed by atoms with Crippen LogP contribution in [0.5, 0.6) is 5.75 Å². The highest BCUT2D eigenvalue weighted by Crippen LogP contribution is 2.22. The van der Waals surface area contributed by atoms with E-state index in [9.17, 15) is 9.59 Å². The van der Waals surface area contributed by atoms with Crippen molar-refractivity contribution in [3.63, 3.8) is 0 Å². The summed E-state index contributed by atoms with van der Waals surface area (Å²) in [6.45, 7) is 1.04. The van der Waals surface area contributed by atoms with Crippen LogP contribution in [0.3, 0.4) is 0 Å². The van der Waals surface area contributed by atoms with E-state index in [1.807, 2.05) is 12.1 Å². The number of benzene rings is 1. The molecule has 0 spiro atoms. The third-order valence-corrected chi connectivity index (χ3v) is 4.13. The van der Waals surface area contributed by atoms with Crippen molar-refractivity contribution in [3.05, 3.63) is 58.0 Å². The number of carbonyl (C=O) groups excluding carboxylic acids is 1. The number of rotatable bonds is 3. The molecule has 1 aliphatic heterocycles. The molecule has 1 aromatic heterocycles. The number of aryl methyl sites for hydroxylation is 1. The number of hydrogen-bond acceptors (Lipinski definition) is 3. The molecule has 126 valence electrons. The van der Waals surface area contributed by atoms with Gasteiger partial charge in [-0.05, 0) is 30.3 Å². The smallest absolute Gasteiger partial charge is 0.322 e. The second kappa shape index (κ2) is 6.97. The minimum Gasteiger partial charge on any atom is -0.488 e. The highest BCUT2D eigenvalue weighted by atomic mass is 35.5. The quantitative estimate of drug-likeness (QED) is 0.928. The molecule has 24 heavy (non-hydrogen) atoms. The first-order valence-corrected chi connectivity index (χ1v) is 8.04. The van der Waals surface area contributed by atoms with Gasteiger partial charge in [0.15, 0.2) is 0 Å². The summed E-state index contributed by atoms with van der Waals surface area (Å²) in [7, 11) is 1.64. The normalized spacial score (nSPS) is 16.9. The molecule has 3 rings (SSSR count). The number of urea groups is 1. The second-order valence-electron chi connectivity index (χ2n) is 5.70. The molecule has 2 heterocycles. The molecule has 0 radical (unpaired) electrons. The summed E-state index contributed by atoms with van der Waals surface area (Å²) in [6, 6.07) is 10.2. The van der Waals surface area contributed by atoms with Crippen LogP contribution in [0.1, 0.15) is 6.42 Å². The second-order valence-corrected chi connectivity index (χ2v) is 6.14. The van der Waals surface area contributed by atoms with Crippen molar-refractivity contribution >= 4 is 23.3 Å². The van der Waals surface area contributed by atoms with Crippen LogP contribution in [0.15, 0.2) is 47.4 Å². The van der Waals surface area contributed by atoms with E-state index in [0.29, 0.717) is 23.9 Å². The highest BCUT2D eigenvalue weighted by Gasteiger charge is 2.28. The Balaban J connectivity index is 1.60. The van der Waals surface area contributed by atoms with Gasteiger partial charge in [0.25, 0.3) is 5.56 Å². The van der Waals surface area contributed by atoms with Gasteiger partial charge in [-0.15, -0.1) is 0 Å². The fraction of sp³-hybridized carbons (Fsp3) is 0.294. The van der Waals surface area contributed by atoms with Crippen LogP contribution in [0.4, 0.5) is 10.5 Å². The number of amides is 2. The van der Waals surface area contributed by atoms with Crippen molar-refractivity contribution < 1.29 is 9.53 Å². The van der Waals surface area contributed by atoms with Gasteiger partial charge < -0.3 is 19.5 Å². The maximum absolute atomic E-state index is 12.3. The van der Waals surface area contributed by atoms with E-state index in [2.05, 4.69) is 5.32 Å². The van der Waals surface area contributed by atoms with Crippen LogP contribution >= 0.6 is 11.6 Å². The van der Waals surface area contributed by atoms with Gasteiger partial charge in [-0.1, -0.05) is 17.7 Å². The molecule has 1 fully saturated rings. The summed E-state index contributed by atoms with van der Waals surface area (Å²) in [5.41, 5.74) is 0.0287. The molecule has 1 saturated heterocycles. The Labute approximate surface area is 144 Å². The third kappa shape index (κ3) is 3.71. The lowest BCUT2D eigenvalue weighted by atomic mass is 10.3. The lowest BCUT2D eigenvalue weighted by molar-refractivity contribution is 0.195. The molecular weight excluding hydrogens is 330 g/mol. The van der Waals surface area contributed by atoms with Gasteiger partial charge in [0, 0.05) is 31.2 Å². The Morgan fingerprint density at radius 1 is 1.33 bits per heavy atom. The van der Waals surface area contributed by atoms with Gasteiger partial charge in [-0.25, -0.2) is 4.79 Å². The first kappa shape index (κ1) is 16.4. The molecular formula is C17H18ClN3O3. The average Bonchev–Trinajstić information content (AvgIpc) is 3.00. The standard InChI is InChI=1S/C17H18ClN3O3/c1-20-8-3-6-15(16(20)22)19-17(23)21-9-7-14(11-21)24-13-5-2-4-12(18)10-13/h2-6,8,10,14H,7,9,11H2,1H3,(H,19,23). The maximum atomic E-state index is 12.3. The van der Waals surface area contributed by atoms with E-state index in [0.717, 1.165) is 6.42 Å². The molecule has 1 aromatic carbocycles. The topological polar surface area (TPSA) is 63.6 Å². The highest BCUT2D eigenvalue weighted by molar-refractivity contribution is 6.30. The fourth-order valence-corrected chi connectivity index (χ4v) is 2.81. The SMILES string of the molecule is Cn1cccc(NC(=O)N2CCC(Oc3cccc(Cl)c3)C2)c1=O. The van der Waals surface area contributed by atoms with Gasteiger partial charge in [-0.2, -0.15) is 0 Å². The van der Waals surface area contributed by atoms with Crippen molar-refractivity contribution in [1.29, 1.82) is 0 Å². The monoisotopic (exact) mass is 347 g/mol. The van der Waals surface area contributed by atoms with Crippen molar-refractivity contribution in [2.45, 2.75) is 12.5 Å². The summed E-state index contributed by atoms with van der Waals surface area (Å²) in [5, 5.41) is 3.27. The zero-order valence-electron chi connectivity index (χ0n) is 13.2. The van der Waals surface area contributed by atoms with E-state index in [1.54, 1.807) is 42.4 Å². The number of nitrogens with one attached hydrogen (secondary N) is 1. The summed E-state index contributed by atoms with van der Waals surface area (Å²) >= 11 is 5.94. The van der Waals surface area contributed by atoms with E-state index in [1.165, 1.54) is 4.57 Å². The largest absolute Gasteiger partial charge is 0.488 e. The lowest BCUT2D eigenvalue weighted by Gasteiger charge is -2.18. The minimum absolute atomic E-state index is 0.0900. The Kier molecular flexibility index (Phi) is 4.76. The van der Waals surface area contributed by atoms with E-state index < -0.39 is 0 Å². The van der Waals surface area contributed by atoms with Crippen LogP contribution in [0.2, 0.25) is 5.02 Å². The van der Waals surface area contributed by atoms with Gasteiger partial charge in [0.05, 0.1) is 6.54 Å². The van der Waals surface area contributed by atoms with Gasteiger partial charge in [0.2, 0.25) is 0 Å². The van der Waals surface area contributed by atoms with Crippen LogP contribution in [0.25, 0.3) is 0 Å². The number of anilines is 1. The van der Waals surface area contributed by atoms with Crippen LogP contribution in [-0.2, 0) is 7.05 Å². The summed E-state index contributed by atoms with van der Waals surface area (Å²) in [6.07, 6.45) is 2.28. The number of pyridine rings is 1. The zero-order chi connectivity index (χ0) is 17.1. The zero-order valence-corrected chi connectivity index (χ0v) is 14.0. The summed E-state index contributed by atoms with van der Waals surface area (Å²) in [5.74, 6) is 0.687. The number of aromatic nitrogens is 1. The van der Waals surface area contributed by atoms with E-state index >= 15 is 0 Å². The molecule has 0 saturated carbocycles. The van der Waals surface area contributed by atoms with Crippen LogP contribution in [-0.4, -0.2) is 34.7 Å². The van der Waals surface area contributed by atoms with Crippen molar-refractivity contribution in [2.75, 3.05) is 18.4 Å². The number of nitrogens with zero attached hydrogens (tertiary/aromatic N) is 2. The Morgan fingerprint density at radius 3 is 2.96 bits per heavy atom. The molecule has 1 atom stereocenters. The molecule has 1 N–H and O–H groups in total.